The van der Waals surface area contributed by atoms with Crippen molar-refractivity contribution in [2.75, 3.05) is 0 Å². The molecule has 24 heavy (non-hydrogen) atoms. The van der Waals surface area contributed by atoms with Gasteiger partial charge in [0.15, 0.2) is 0 Å². The average molecular weight is 338 g/mol. The molecule has 1 fully saturated rings. The van der Waals surface area contributed by atoms with E-state index in [0.717, 1.165) is 12.1 Å². The molecule has 2 atom stereocenters. The molecule has 0 aliphatic heterocycles. The second kappa shape index (κ2) is 6.59. The van der Waals surface area contributed by atoms with E-state index in [0.29, 0.717) is 18.4 Å². The second-order valence-electron chi connectivity index (χ2n) is 5.67. The summed E-state index contributed by atoms with van der Waals surface area (Å²) in [5.74, 6) is -2.32. The monoisotopic (exact) mass is 338 g/mol. The third-order valence-electron chi connectivity index (χ3n) is 4.24. The average Bonchev–Trinajstić information content (AvgIpc) is 2.53. The molecule has 2 aromatic rings. The SMILES string of the molecule is O=C(N[C@H]1CC[C@H]1c1ccc(F)cc1F)c1cccnc1C(F)F. The third-order valence-corrected chi connectivity index (χ3v) is 4.24. The van der Waals surface area contributed by atoms with Gasteiger partial charge in [-0.3, -0.25) is 9.78 Å². The van der Waals surface area contributed by atoms with Crippen molar-refractivity contribution >= 4 is 5.91 Å². The molecule has 0 bridgehead atoms. The van der Waals surface area contributed by atoms with E-state index in [1.807, 2.05) is 0 Å². The minimum absolute atomic E-state index is 0.197. The molecule has 1 heterocycles. The molecule has 1 aliphatic carbocycles. The zero-order chi connectivity index (χ0) is 17.3. The second-order valence-corrected chi connectivity index (χ2v) is 5.67. The van der Waals surface area contributed by atoms with Crippen LogP contribution < -0.4 is 5.32 Å². The van der Waals surface area contributed by atoms with E-state index in [4.69, 9.17) is 0 Å². The highest BCUT2D eigenvalue weighted by Crippen LogP contribution is 2.38. The number of pyridine rings is 1. The Bertz CT molecular complexity index is 766. The molecule has 7 heteroatoms. The summed E-state index contributed by atoms with van der Waals surface area (Å²) in [7, 11) is 0. The van der Waals surface area contributed by atoms with Crippen LogP contribution in [0.1, 0.15) is 46.8 Å². The van der Waals surface area contributed by atoms with E-state index in [2.05, 4.69) is 10.3 Å². The quantitative estimate of drug-likeness (QED) is 0.857. The minimum Gasteiger partial charge on any atom is -0.349 e. The zero-order valence-corrected chi connectivity index (χ0v) is 12.5. The Hall–Kier alpha value is -2.44. The lowest BCUT2D eigenvalue weighted by Crippen LogP contribution is -2.46. The summed E-state index contributed by atoms with van der Waals surface area (Å²) in [4.78, 5) is 15.8. The topological polar surface area (TPSA) is 42.0 Å². The van der Waals surface area contributed by atoms with Gasteiger partial charge in [-0.2, -0.15) is 0 Å². The Labute approximate surface area is 135 Å². The van der Waals surface area contributed by atoms with Gasteiger partial charge in [0.05, 0.1) is 5.56 Å². The van der Waals surface area contributed by atoms with Crippen molar-refractivity contribution in [1.29, 1.82) is 0 Å². The maximum Gasteiger partial charge on any atom is 0.281 e. The Kier molecular flexibility index (Phi) is 4.51. The number of hydrogen-bond donors (Lipinski definition) is 1. The standard InChI is InChI=1S/C17H14F4N2O/c18-9-3-4-10(13(19)8-9)11-5-6-14(11)23-17(24)12-2-1-7-22-15(12)16(20)21/h1-4,7-8,11,14,16H,5-6H2,(H,23,24)/t11-,14-/m0/s1. The Morgan fingerprint density at radius 3 is 2.62 bits per heavy atom. The van der Waals surface area contributed by atoms with Gasteiger partial charge in [-0.1, -0.05) is 6.07 Å². The third kappa shape index (κ3) is 3.11. The van der Waals surface area contributed by atoms with Gasteiger partial charge < -0.3 is 5.32 Å². The normalized spacial score (nSPS) is 19.9. The summed E-state index contributed by atoms with van der Waals surface area (Å²) in [6, 6.07) is 5.59. The van der Waals surface area contributed by atoms with Crippen LogP contribution in [0.5, 0.6) is 0 Å². The first-order valence-electron chi connectivity index (χ1n) is 7.46. The molecule has 0 unspecified atom stereocenters. The number of nitrogens with zero attached hydrogens (tertiary/aromatic N) is 1. The smallest absolute Gasteiger partial charge is 0.281 e. The highest BCUT2D eigenvalue weighted by molar-refractivity contribution is 5.95. The number of carbonyl (C=O) groups excluding carboxylic acids is 1. The molecule has 3 nitrogen and oxygen atoms in total. The van der Waals surface area contributed by atoms with Crippen molar-refractivity contribution in [3.63, 3.8) is 0 Å². The largest absolute Gasteiger partial charge is 0.349 e. The van der Waals surface area contributed by atoms with Gasteiger partial charge in [-0.05, 0) is 36.6 Å². The van der Waals surface area contributed by atoms with Crippen molar-refractivity contribution in [3.8, 4) is 0 Å². The number of aromatic nitrogens is 1. The van der Waals surface area contributed by atoms with Crippen molar-refractivity contribution in [1.82, 2.24) is 10.3 Å². The van der Waals surface area contributed by atoms with Crippen LogP contribution in [0, 0.1) is 11.6 Å². The van der Waals surface area contributed by atoms with E-state index < -0.39 is 29.7 Å². The van der Waals surface area contributed by atoms with Crippen LogP contribution in [0.15, 0.2) is 36.5 Å². The summed E-state index contributed by atoms with van der Waals surface area (Å²) < 4.78 is 52.7. The molecule has 1 saturated carbocycles. The maximum absolute atomic E-state index is 13.9. The van der Waals surface area contributed by atoms with Crippen LogP contribution >= 0.6 is 0 Å². The van der Waals surface area contributed by atoms with Crippen molar-refractivity contribution in [3.05, 3.63) is 65.0 Å². The summed E-state index contributed by atoms with van der Waals surface area (Å²) >= 11 is 0. The number of amides is 1. The Balaban J connectivity index is 1.76. The minimum atomic E-state index is -2.86. The fourth-order valence-electron chi connectivity index (χ4n) is 2.88. The van der Waals surface area contributed by atoms with Gasteiger partial charge in [0, 0.05) is 24.2 Å². The van der Waals surface area contributed by atoms with Gasteiger partial charge in [-0.25, -0.2) is 17.6 Å². The highest BCUT2D eigenvalue weighted by atomic mass is 19.3. The molecule has 1 N–H and O–H groups in total. The lowest BCUT2D eigenvalue weighted by molar-refractivity contribution is 0.0888. The molecular formula is C17H14F4N2O. The number of hydrogen-bond acceptors (Lipinski definition) is 2. The van der Waals surface area contributed by atoms with E-state index >= 15 is 0 Å². The first kappa shape index (κ1) is 16.4. The molecule has 0 radical (unpaired) electrons. The summed E-state index contributed by atoms with van der Waals surface area (Å²) in [5, 5.41) is 2.65. The van der Waals surface area contributed by atoms with Crippen LogP contribution in [0.25, 0.3) is 0 Å². The van der Waals surface area contributed by atoms with Crippen molar-refractivity contribution in [2.24, 2.45) is 0 Å². The molecule has 1 aromatic heterocycles. The molecule has 0 spiro atoms. The Morgan fingerprint density at radius 2 is 2.00 bits per heavy atom. The van der Waals surface area contributed by atoms with Crippen molar-refractivity contribution < 1.29 is 22.4 Å². The number of alkyl halides is 2. The van der Waals surface area contributed by atoms with E-state index in [-0.39, 0.29) is 17.5 Å². The summed E-state index contributed by atoms with van der Waals surface area (Å²) in [6.07, 6.45) is -0.448. The van der Waals surface area contributed by atoms with Gasteiger partial charge in [-0.15, -0.1) is 0 Å². The van der Waals surface area contributed by atoms with Crippen LogP contribution in [-0.2, 0) is 0 Å². The highest BCUT2D eigenvalue weighted by Gasteiger charge is 2.35. The van der Waals surface area contributed by atoms with Gasteiger partial charge in [0.1, 0.15) is 17.3 Å². The van der Waals surface area contributed by atoms with Gasteiger partial charge in [0.25, 0.3) is 12.3 Å². The van der Waals surface area contributed by atoms with Gasteiger partial charge in [0.2, 0.25) is 0 Å². The first-order chi connectivity index (χ1) is 11.5. The Morgan fingerprint density at radius 1 is 1.21 bits per heavy atom. The number of carbonyl (C=O) groups is 1. The lowest BCUT2D eigenvalue weighted by Gasteiger charge is -2.37. The van der Waals surface area contributed by atoms with Crippen molar-refractivity contribution in [2.45, 2.75) is 31.2 Å². The fraction of sp³-hybridized carbons (Fsp3) is 0.294. The van der Waals surface area contributed by atoms with E-state index in [1.165, 1.54) is 24.4 Å². The molecule has 1 aliphatic rings. The van der Waals surface area contributed by atoms with E-state index in [9.17, 15) is 22.4 Å². The van der Waals surface area contributed by atoms with Gasteiger partial charge >= 0.3 is 0 Å². The van der Waals surface area contributed by atoms with Crippen LogP contribution in [0.4, 0.5) is 17.6 Å². The molecule has 1 amide bonds. The summed E-state index contributed by atoms with van der Waals surface area (Å²) in [6.45, 7) is 0. The van der Waals surface area contributed by atoms with Crippen LogP contribution in [0.3, 0.4) is 0 Å². The maximum atomic E-state index is 13.9. The van der Waals surface area contributed by atoms with Crippen LogP contribution in [-0.4, -0.2) is 16.9 Å². The number of benzene rings is 1. The van der Waals surface area contributed by atoms with Crippen LogP contribution in [0.2, 0.25) is 0 Å². The molecular weight excluding hydrogens is 324 g/mol. The predicted octanol–water partition coefficient (Wildman–Crippen LogP) is 3.97. The molecule has 3 rings (SSSR count). The molecule has 0 saturated heterocycles. The predicted molar refractivity (Wildman–Crippen MR) is 78.8 cm³/mol. The molecule has 1 aromatic carbocycles. The molecule has 126 valence electrons. The number of nitrogens with one attached hydrogen (secondary N) is 1. The number of rotatable bonds is 4. The summed E-state index contributed by atoms with van der Waals surface area (Å²) in [5.41, 5.74) is -0.468. The van der Waals surface area contributed by atoms with E-state index in [1.54, 1.807) is 0 Å². The first-order valence-corrected chi connectivity index (χ1v) is 7.46. The number of halogens is 4. The lowest BCUT2D eigenvalue weighted by atomic mass is 9.74. The fourth-order valence-corrected chi connectivity index (χ4v) is 2.88. The zero-order valence-electron chi connectivity index (χ0n) is 12.5.